The molecule has 1 heterocycles. The summed E-state index contributed by atoms with van der Waals surface area (Å²) in [6.07, 6.45) is 1.82. The maximum Gasteiger partial charge on any atom is 0.270 e. The zero-order valence-corrected chi connectivity index (χ0v) is 20.3. The zero-order chi connectivity index (χ0) is 23.4. The minimum absolute atomic E-state index is 0.198. The van der Waals surface area contributed by atoms with Crippen LogP contribution in [0.4, 0.5) is 5.69 Å². The van der Waals surface area contributed by atoms with Crippen LogP contribution in [0.2, 0.25) is 5.02 Å². The van der Waals surface area contributed by atoms with Crippen LogP contribution in [0.25, 0.3) is 6.08 Å². The Labute approximate surface area is 206 Å². The van der Waals surface area contributed by atoms with Crippen molar-refractivity contribution < 1.29 is 19.0 Å². The third-order valence-corrected chi connectivity index (χ3v) is 6.47. The first-order chi connectivity index (χ1) is 16.0. The van der Waals surface area contributed by atoms with Gasteiger partial charge >= 0.3 is 0 Å². The second-order valence-electron chi connectivity index (χ2n) is 7.04. The molecule has 3 aromatic carbocycles. The number of methoxy groups -OCH3 is 2. The van der Waals surface area contributed by atoms with Crippen LogP contribution in [0.3, 0.4) is 0 Å². The largest absolute Gasteiger partial charge is 0.497 e. The minimum atomic E-state index is -0.198. The molecule has 3 aromatic rings. The van der Waals surface area contributed by atoms with Crippen molar-refractivity contribution in [2.24, 2.45) is 0 Å². The number of benzene rings is 3. The first kappa shape index (κ1) is 23.2. The van der Waals surface area contributed by atoms with E-state index in [-0.39, 0.29) is 5.91 Å². The number of anilines is 1. The van der Waals surface area contributed by atoms with E-state index in [9.17, 15) is 4.79 Å². The summed E-state index contributed by atoms with van der Waals surface area (Å²) in [6, 6.07) is 20.3. The average molecular weight is 498 g/mol. The number of rotatable bonds is 7. The minimum Gasteiger partial charge on any atom is -0.497 e. The lowest BCUT2D eigenvalue weighted by atomic mass is 10.2. The van der Waals surface area contributed by atoms with Crippen LogP contribution in [-0.4, -0.2) is 24.4 Å². The van der Waals surface area contributed by atoms with Gasteiger partial charge in [-0.15, -0.1) is 0 Å². The normalized spacial score (nSPS) is 14.6. The molecule has 4 rings (SSSR count). The number of thiocarbonyl (C=S) groups is 1. The van der Waals surface area contributed by atoms with Crippen LogP contribution in [0.15, 0.2) is 71.6 Å². The average Bonchev–Trinajstić information content (AvgIpc) is 3.11. The predicted molar refractivity (Wildman–Crippen MR) is 137 cm³/mol. The van der Waals surface area contributed by atoms with Crippen molar-refractivity contribution in [2.45, 2.75) is 6.61 Å². The molecule has 1 saturated heterocycles. The SMILES string of the molecule is COc1ccc(N2C(=O)C(=Cc3ccc(OCc4ccc(Cl)cc4)cc3)SC2=S)c(OC)c1. The molecule has 1 aliphatic heterocycles. The van der Waals surface area contributed by atoms with E-state index in [2.05, 4.69) is 0 Å². The third-order valence-electron chi connectivity index (χ3n) is 4.92. The summed E-state index contributed by atoms with van der Waals surface area (Å²) in [7, 11) is 3.12. The van der Waals surface area contributed by atoms with Gasteiger partial charge in [0.05, 0.1) is 24.8 Å². The molecule has 0 aromatic heterocycles. The number of hydrogen-bond acceptors (Lipinski definition) is 6. The van der Waals surface area contributed by atoms with E-state index >= 15 is 0 Å². The molecule has 0 bridgehead atoms. The van der Waals surface area contributed by atoms with E-state index in [1.54, 1.807) is 32.4 Å². The van der Waals surface area contributed by atoms with Crippen LogP contribution in [0, 0.1) is 0 Å². The molecule has 1 amide bonds. The Bertz CT molecular complexity index is 1210. The van der Waals surface area contributed by atoms with Crippen molar-refractivity contribution in [3.05, 3.63) is 87.8 Å². The zero-order valence-electron chi connectivity index (χ0n) is 17.9. The predicted octanol–water partition coefficient (Wildman–Crippen LogP) is 6.34. The van der Waals surface area contributed by atoms with Crippen molar-refractivity contribution in [2.75, 3.05) is 19.1 Å². The van der Waals surface area contributed by atoms with E-state index < -0.39 is 0 Å². The van der Waals surface area contributed by atoms with E-state index in [0.717, 1.165) is 16.9 Å². The third kappa shape index (κ3) is 5.33. The number of carbonyl (C=O) groups excluding carboxylic acids is 1. The molecule has 1 aliphatic rings. The molecule has 1 fully saturated rings. The second kappa shape index (κ2) is 10.3. The molecule has 0 atom stereocenters. The first-order valence-electron chi connectivity index (χ1n) is 9.96. The van der Waals surface area contributed by atoms with Gasteiger partial charge < -0.3 is 14.2 Å². The van der Waals surface area contributed by atoms with E-state index in [0.29, 0.717) is 38.0 Å². The van der Waals surface area contributed by atoms with Crippen LogP contribution in [0.5, 0.6) is 17.2 Å². The highest BCUT2D eigenvalue weighted by molar-refractivity contribution is 8.27. The highest BCUT2D eigenvalue weighted by atomic mass is 35.5. The van der Waals surface area contributed by atoms with E-state index in [1.807, 2.05) is 54.6 Å². The summed E-state index contributed by atoms with van der Waals surface area (Å²) in [5.74, 6) is 1.68. The Morgan fingerprint density at radius 3 is 2.33 bits per heavy atom. The monoisotopic (exact) mass is 497 g/mol. The molecule has 0 unspecified atom stereocenters. The molecule has 33 heavy (non-hydrogen) atoms. The molecular weight excluding hydrogens is 478 g/mol. The Balaban J connectivity index is 1.47. The summed E-state index contributed by atoms with van der Waals surface area (Å²) >= 11 is 12.6. The summed E-state index contributed by atoms with van der Waals surface area (Å²) in [6.45, 7) is 0.443. The van der Waals surface area contributed by atoms with Gasteiger partial charge in [0.2, 0.25) is 0 Å². The molecule has 0 spiro atoms. The maximum absolute atomic E-state index is 13.1. The highest BCUT2D eigenvalue weighted by Gasteiger charge is 2.35. The Hall–Kier alpha value is -3.00. The van der Waals surface area contributed by atoms with Gasteiger partial charge in [-0.1, -0.05) is 59.8 Å². The number of hydrogen-bond donors (Lipinski definition) is 0. The molecular formula is C25H20ClNO4S2. The van der Waals surface area contributed by atoms with Crippen molar-refractivity contribution >= 4 is 57.6 Å². The molecule has 168 valence electrons. The molecule has 0 radical (unpaired) electrons. The van der Waals surface area contributed by atoms with Crippen molar-refractivity contribution in [3.8, 4) is 17.2 Å². The molecule has 8 heteroatoms. The van der Waals surface area contributed by atoms with Gasteiger partial charge in [0.25, 0.3) is 5.91 Å². The highest BCUT2D eigenvalue weighted by Crippen LogP contribution is 2.41. The molecule has 5 nitrogen and oxygen atoms in total. The lowest BCUT2D eigenvalue weighted by Gasteiger charge is -2.18. The van der Waals surface area contributed by atoms with Crippen molar-refractivity contribution in [1.82, 2.24) is 0 Å². The number of carbonyl (C=O) groups is 1. The number of amides is 1. The quantitative estimate of drug-likeness (QED) is 0.280. The molecule has 0 N–H and O–H groups in total. The second-order valence-corrected chi connectivity index (χ2v) is 9.15. The standard InChI is InChI=1S/C25H20ClNO4S2/c1-29-20-11-12-21(22(14-20)30-2)27-24(28)23(33-25(27)32)13-16-5-9-19(10-6-16)31-15-17-3-7-18(26)8-4-17/h3-14H,15H2,1-2H3. The number of thioether (sulfide) groups is 1. The molecule has 0 saturated carbocycles. The number of ether oxygens (including phenoxy) is 3. The number of halogens is 1. The van der Waals surface area contributed by atoms with Crippen LogP contribution in [-0.2, 0) is 11.4 Å². The van der Waals surface area contributed by atoms with E-state index in [1.165, 1.54) is 16.7 Å². The number of nitrogens with zero attached hydrogens (tertiary/aromatic N) is 1. The lowest BCUT2D eigenvalue weighted by molar-refractivity contribution is -0.113. The smallest absolute Gasteiger partial charge is 0.270 e. The van der Waals surface area contributed by atoms with Crippen LogP contribution in [0.1, 0.15) is 11.1 Å². The van der Waals surface area contributed by atoms with Crippen LogP contribution >= 0.6 is 35.6 Å². The van der Waals surface area contributed by atoms with Crippen LogP contribution < -0.4 is 19.1 Å². The van der Waals surface area contributed by atoms with Gasteiger partial charge in [0.15, 0.2) is 4.32 Å². The van der Waals surface area contributed by atoms with Gasteiger partial charge in [0.1, 0.15) is 23.9 Å². The summed E-state index contributed by atoms with van der Waals surface area (Å²) in [5, 5.41) is 0.693. The fourth-order valence-corrected chi connectivity index (χ4v) is 4.61. The summed E-state index contributed by atoms with van der Waals surface area (Å²) < 4.78 is 16.9. The van der Waals surface area contributed by atoms with Crippen molar-refractivity contribution in [1.29, 1.82) is 0 Å². The Kier molecular flexibility index (Phi) is 7.23. The topological polar surface area (TPSA) is 48.0 Å². The first-order valence-corrected chi connectivity index (χ1v) is 11.6. The Morgan fingerprint density at radius 2 is 1.67 bits per heavy atom. The van der Waals surface area contributed by atoms with Gasteiger partial charge in [-0.3, -0.25) is 9.69 Å². The summed E-state index contributed by atoms with van der Waals surface area (Å²) in [4.78, 5) is 15.1. The fourth-order valence-electron chi connectivity index (χ4n) is 3.20. The lowest BCUT2D eigenvalue weighted by Crippen LogP contribution is -2.27. The summed E-state index contributed by atoms with van der Waals surface area (Å²) in [5.41, 5.74) is 2.48. The molecule has 0 aliphatic carbocycles. The van der Waals surface area contributed by atoms with E-state index in [4.69, 9.17) is 38.0 Å². The van der Waals surface area contributed by atoms with Crippen molar-refractivity contribution in [3.63, 3.8) is 0 Å². The van der Waals surface area contributed by atoms with Gasteiger partial charge in [-0.05, 0) is 53.6 Å². The fraction of sp³-hybridized carbons (Fsp3) is 0.120. The van der Waals surface area contributed by atoms with Gasteiger partial charge in [0, 0.05) is 11.1 Å². The maximum atomic E-state index is 13.1. The van der Waals surface area contributed by atoms with Gasteiger partial charge in [-0.25, -0.2) is 0 Å². The van der Waals surface area contributed by atoms with Gasteiger partial charge in [-0.2, -0.15) is 0 Å². The Morgan fingerprint density at radius 1 is 0.970 bits per heavy atom.